The Hall–Kier alpha value is -2.04. The van der Waals surface area contributed by atoms with Gasteiger partial charge in [0.05, 0.1) is 13.2 Å². The second kappa shape index (κ2) is 56.3. The maximum absolute atomic E-state index is 14.4. The minimum absolute atomic E-state index is 0.0328. The Balaban J connectivity index is 1.72. The Labute approximate surface area is 600 Å². The predicted octanol–water partition coefficient (Wildman–Crippen LogP) is 11.6. The van der Waals surface area contributed by atoms with Gasteiger partial charge in [0.25, 0.3) is 0 Å². The summed E-state index contributed by atoms with van der Waals surface area (Å²) in [6.07, 6.45) is 13.0. The summed E-state index contributed by atoms with van der Waals surface area (Å²) >= 11 is 0. The van der Waals surface area contributed by atoms with E-state index in [9.17, 15) is 74.9 Å². The summed E-state index contributed by atoms with van der Waals surface area (Å²) < 4.78 is 65.2. The summed E-state index contributed by atoms with van der Waals surface area (Å²) in [5.41, 5.74) is 0. The molecule has 3 fully saturated rings. The number of hydrogen-bond acceptors (Lipinski definition) is 23. The molecule has 1 saturated carbocycles. The molecule has 590 valence electrons. The number of phosphoric ester groups is 1. The normalized spacial score (nSPS) is 27.6. The van der Waals surface area contributed by atoms with Crippen molar-refractivity contribution in [2.75, 3.05) is 26.4 Å². The minimum atomic E-state index is -5.70. The molecule has 2 aliphatic heterocycles. The van der Waals surface area contributed by atoms with Crippen LogP contribution in [-0.2, 0) is 61.2 Å². The van der Waals surface area contributed by atoms with Crippen LogP contribution in [0.1, 0.15) is 323 Å². The van der Waals surface area contributed by atoms with E-state index < -0.39 is 156 Å². The molecule has 19 unspecified atom stereocenters. The van der Waals surface area contributed by atoms with Gasteiger partial charge in [-0.3, -0.25) is 23.4 Å². The van der Waals surface area contributed by atoms with Crippen LogP contribution in [0.15, 0.2) is 0 Å². The average molecular weight is 1460 g/mol. The van der Waals surface area contributed by atoms with E-state index in [1.807, 2.05) is 0 Å². The highest BCUT2D eigenvalue weighted by atomic mass is 31.2. The Morgan fingerprint density at radius 3 is 1.08 bits per heavy atom. The van der Waals surface area contributed by atoms with Gasteiger partial charge in [-0.25, -0.2) is 4.57 Å². The smallest absolute Gasteiger partial charge is 0.463 e. The average Bonchev–Trinajstić information content (AvgIpc) is 0.762. The summed E-state index contributed by atoms with van der Waals surface area (Å²) in [4.78, 5) is 51.1. The molecule has 0 aromatic carbocycles. The molecule has 0 aromatic rings. The first kappa shape index (κ1) is 92.2. The van der Waals surface area contributed by atoms with Gasteiger partial charge in [0, 0.05) is 19.3 Å². The summed E-state index contributed by atoms with van der Waals surface area (Å²) in [5, 5.41) is 110. The molecule has 1 aliphatic carbocycles. The monoisotopic (exact) mass is 1460 g/mol. The maximum atomic E-state index is 14.4. The standard InChI is InChI=1S/C75H141O24P/c1-5-8-11-14-17-19-21-23-24-25-26-27-29-31-33-40-45-50-61(79)94-56(52-91-59(77)48-43-39-35-34-37-42-47-55(4)46-41-36-16-13-10-7-3)53-93-100(89,90)99-73-71(97-74-69(87)64(82)62(80)57(51-76)95-74)67(85)66(84)68(86)72(73)98-75-70(88)65(83)63(81)58(96-75)54-92-60(78)49-44-38-32-30-28-22-20-18-15-12-9-6-2/h55-58,62-76,80-88H,5-54H2,1-4H3,(H,89,90). The lowest BCUT2D eigenvalue weighted by atomic mass is 9.84. The van der Waals surface area contributed by atoms with Crippen LogP contribution in [0.2, 0.25) is 0 Å². The molecule has 3 rings (SSSR count). The van der Waals surface area contributed by atoms with E-state index in [1.165, 1.54) is 161 Å². The highest BCUT2D eigenvalue weighted by Gasteiger charge is 2.58. The molecule has 100 heavy (non-hydrogen) atoms. The van der Waals surface area contributed by atoms with E-state index in [0.717, 1.165) is 96.3 Å². The highest BCUT2D eigenvalue weighted by Crippen LogP contribution is 2.49. The van der Waals surface area contributed by atoms with Crippen LogP contribution in [-0.4, -0.2) is 204 Å². The van der Waals surface area contributed by atoms with Crippen molar-refractivity contribution in [1.29, 1.82) is 0 Å². The number of esters is 3. The van der Waals surface area contributed by atoms with Crippen LogP contribution in [0, 0.1) is 5.92 Å². The highest BCUT2D eigenvalue weighted by molar-refractivity contribution is 7.47. The number of aliphatic hydroxyl groups is 10. The molecular weight excluding hydrogens is 1320 g/mol. The number of carbonyl (C=O) groups is 3. The van der Waals surface area contributed by atoms with E-state index in [0.29, 0.717) is 25.2 Å². The summed E-state index contributed by atoms with van der Waals surface area (Å²) in [6, 6.07) is 0. The minimum Gasteiger partial charge on any atom is -0.463 e. The van der Waals surface area contributed by atoms with Gasteiger partial charge in [-0.15, -0.1) is 0 Å². The van der Waals surface area contributed by atoms with Crippen LogP contribution in [0.25, 0.3) is 0 Å². The van der Waals surface area contributed by atoms with Gasteiger partial charge in [-0.1, -0.05) is 285 Å². The van der Waals surface area contributed by atoms with E-state index in [4.69, 9.17) is 42.2 Å². The molecule has 0 spiro atoms. The molecule has 25 heteroatoms. The van der Waals surface area contributed by atoms with Gasteiger partial charge in [0.1, 0.15) is 98.7 Å². The predicted molar refractivity (Wildman–Crippen MR) is 379 cm³/mol. The zero-order chi connectivity index (χ0) is 73.3. The van der Waals surface area contributed by atoms with Gasteiger partial charge in [0.15, 0.2) is 18.7 Å². The lowest BCUT2D eigenvalue weighted by Gasteiger charge is -2.49. The van der Waals surface area contributed by atoms with Crippen molar-refractivity contribution in [1.82, 2.24) is 0 Å². The van der Waals surface area contributed by atoms with E-state index in [-0.39, 0.29) is 19.3 Å². The summed E-state index contributed by atoms with van der Waals surface area (Å²) in [6.45, 7) is 5.81. The number of rotatable bonds is 62. The lowest BCUT2D eigenvalue weighted by molar-refractivity contribution is -0.360. The van der Waals surface area contributed by atoms with Crippen molar-refractivity contribution in [3.8, 4) is 0 Å². The molecule has 0 radical (unpaired) electrons. The van der Waals surface area contributed by atoms with E-state index in [1.54, 1.807) is 0 Å². The van der Waals surface area contributed by atoms with Gasteiger partial charge >= 0.3 is 25.7 Å². The van der Waals surface area contributed by atoms with Crippen LogP contribution < -0.4 is 0 Å². The van der Waals surface area contributed by atoms with E-state index in [2.05, 4.69) is 27.7 Å². The first-order chi connectivity index (χ1) is 48.2. The van der Waals surface area contributed by atoms with Crippen molar-refractivity contribution in [3.63, 3.8) is 0 Å². The number of hydrogen-bond donors (Lipinski definition) is 11. The number of phosphoric acid groups is 1. The fourth-order valence-electron chi connectivity index (χ4n) is 13.5. The molecule has 2 saturated heterocycles. The number of ether oxygens (including phenoxy) is 7. The van der Waals surface area contributed by atoms with Crippen LogP contribution in [0.5, 0.6) is 0 Å². The Kier molecular flexibility index (Phi) is 51.9. The third kappa shape index (κ3) is 39.0. The van der Waals surface area contributed by atoms with Crippen molar-refractivity contribution < 1.29 is 117 Å². The molecule has 0 bridgehead atoms. The van der Waals surface area contributed by atoms with Crippen LogP contribution in [0.4, 0.5) is 0 Å². The first-order valence-corrected chi connectivity index (χ1v) is 41.2. The number of aliphatic hydroxyl groups excluding tert-OH is 10. The number of carbonyl (C=O) groups excluding carboxylic acids is 3. The number of unbranched alkanes of at least 4 members (excludes halogenated alkanes) is 37. The first-order valence-electron chi connectivity index (χ1n) is 39.7. The van der Waals surface area contributed by atoms with Gasteiger partial charge in [-0.2, -0.15) is 0 Å². The second-order valence-electron chi connectivity index (χ2n) is 29.1. The SMILES string of the molecule is CCCCCCCCCCCCCCCCCCCC(=O)OC(COC(=O)CCCCCCCCC(C)CCCCCCCC)COP(=O)(O)OC1C(OC2OC(CO)C(O)C(O)C2O)C(O)C(O)C(O)C1OC1OC(COC(=O)CCCCCCCCCCCCCC)C(O)C(O)C1O. The van der Waals surface area contributed by atoms with Gasteiger partial charge in [0.2, 0.25) is 0 Å². The van der Waals surface area contributed by atoms with E-state index >= 15 is 0 Å². The van der Waals surface area contributed by atoms with Gasteiger partial charge in [-0.05, 0) is 25.2 Å². The lowest BCUT2D eigenvalue weighted by Crippen LogP contribution is -2.69. The zero-order valence-corrected chi connectivity index (χ0v) is 62.8. The quantitative estimate of drug-likeness (QED) is 0.0117. The fraction of sp³-hybridized carbons (Fsp3) is 0.960. The Morgan fingerprint density at radius 2 is 0.700 bits per heavy atom. The Morgan fingerprint density at radius 1 is 0.380 bits per heavy atom. The molecule has 0 amide bonds. The van der Waals surface area contributed by atoms with Gasteiger partial charge < -0.3 is 89.1 Å². The Bertz CT molecular complexity index is 2080. The molecule has 0 aromatic heterocycles. The summed E-state index contributed by atoms with van der Waals surface area (Å²) in [7, 11) is -5.70. The molecule has 2 heterocycles. The topological polar surface area (TPSA) is 374 Å². The van der Waals surface area contributed by atoms with Crippen LogP contribution >= 0.6 is 7.82 Å². The third-order valence-electron chi connectivity index (χ3n) is 20.0. The van der Waals surface area contributed by atoms with Crippen LogP contribution in [0.3, 0.4) is 0 Å². The van der Waals surface area contributed by atoms with Crippen molar-refractivity contribution in [2.24, 2.45) is 5.92 Å². The van der Waals surface area contributed by atoms with Crippen molar-refractivity contribution in [3.05, 3.63) is 0 Å². The second-order valence-corrected chi connectivity index (χ2v) is 30.5. The molecular formula is C75H141O24P. The van der Waals surface area contributed by atoms with Crippen molar-refractivity contribution in [2.45, 2.75) is 427 Å². The largest absolute Gasteiger partial charge is 0.472 e. The summed E-state index contributed by atoms with van der Waals surface area (Å²) in [5.74, 6) is -1.27. The molecule has 11 N–H and O–H groups in total. The third-order valence-corrected chi connectivity index (χ3v) is 21.0. The molecule has 24 nitrogen and oxygen atoms in total. The molecule has 3 aliphatic rings. The zero-order valence-electron chi connectivity index (χ0n) is 61.9. The molecule has 19 atom stereocenters. The maximum Gasteiger partial charge on any atom is 0.472 e. The van der Waals surface area contributed by atoms with Crippen molar-refractivity contribution >= 4 is 25.7 Å². The fourth-order valence-corrected chi connectivity index (χ4v) is 14.4.